The summed E-state index contributed by atoms with van der Waals surface area (Å²) in [5.41, 5.74) is 6.68. The van der Waals surface area contributed by atoms with Gasteiger partial charge in [-0.3, -0.25) is 4.98 Å². The third-order valence-electron chi connectivity index (χ3n) is 3.65. The molecule has 0 amide bonds. The summed E-state index contributed by atoms with van der Waals surface area (Å²) in [6, 6.07) is 1.77. The van der Waals surface area contributed by atoms with Gasteiger partial charge in [0.15, 0.2) is 0 Å². The lowest BCUT2D eigenvalue weighted by molar-refractivity contribution is -0.116. The van der Waals surface area contributed by atoms with Crippen molar-refractivity contribution >= 4 is 5.69 Å². The van der Waals surface area contributed by atoms with Crippen LogP contribution in [0.2, 0.25) is 0 Å². The van der Waals surface area contributed by atoms with Gasteiger partial charge in [-0.15, -0.1) is 0 Å². The average Bonchev–Trinajstić information content (AvgIpc) is 2.32. The van der Waals surface area contributed by atoms with Gasteiger partial charge in [0.05, 0.1) is 11.7 Å². The van der Waals surface area contributed by atoms with Gasteiger partial charge in [0.2, 0.25) is 0 Å². The number of aromatic nitrogens is 1. The molecule has 2 unspecified atom stereocenters. The number of ether oxygens (including phenoxy) is 1. The second-order valence-electron chi connectivity index (χ2n) is 4.82. The molecule has 1 fully saturated rings. The second kappa shape index (κ2) is 5.02. The van der Waals surface area contributed by atoms with E-state index in [0.29, 0.717) is 12.1 Å². The molecule has 0 radical (unpaired) electrons. The van der Waals surface area contributed by atoms with E-state index < -0.39 is 5.60 Å². The summed E-state index contributed by atoms with van der Waals surface area (Å²) in [6.45, 7) is 0. The van der Waals surface area contributed by atoms with Crippen LogP contribution in [0.1, 0.15) is 31.2 Å². The minimum absolute atomic E-state index is 0.101. The first-order valence-corrected chi connectivity index (χ1v) is 6.09. The fraction of sp³-hybridized carbons (Fsp3) is 0.615. The molecule has 0 aliphatic heterocycles. The van der Waals surface area contributed by atoms with E-state index in [0.717, 1.165) is 31.2 Å². The molecule has 17 heavy (non-hydrogen) atoms. The lowest BCUT2D eigenvalue weighted by Crippen LogP contribution is -2.47. The average molecular weight is 236 g/mol. The number of aliphatic hydroxyl groups is 1. The largest absolute Gasteiger partial charge is 0.398 e. The third-order valence-corrected chi connectivity index (χ3v) is 3.65. The monoisotopic (exact) mass is 236 g/mol. The summed E-state index contributed by atoms with van der Waals surface area (Å²) >= 11 is 0. The molecule has 3 N–H and O–H groups in total. The molecule has 1 aromatic rings. The molecule has 4 nitrogen and oxygen atoms in total. The van der Waals surface area contributed by atoms with Gasteiger partial charge in [0.1, 0.15) is 0 Å². The standard InChI is InChI=1S/C13H20N2O2/c1-17-12-4-2-3-6-13(12,16)8-10-9-15-7-5-11(10)14/h5,7,9,12,16H,2-4,6,8H2,1H3,(H2,14,15). The number of hydrogen-bond acceptors (Lipinski definition) is 4. The Hall–Kier alpha value is -1.13. The molecule has 1 heterocycles. The predicted molar refractivity (Wildman–Crippen MR) is 66.6 cm³/mol. The van der Waals surface area contributed by atoms with Gasteiger partial charge in [-0.05, 0) is 24.5 Å². The van der Waals surface area contributed by atoms with Gasteiger partial charge in [0, 0.05) is 31.6 Å². The van der Waals surface area contributed by atoms with Crippen LogP contribution < -0.4 is 5.73 Å². The number of pyridine rings is 1. The van der Waals surface area contributed by atoms with Gasteiger partial charge in [-0.25, -0.2) is 0 Å². The highest BCUT2D eigenvalue weighted by molar-refractivity contribution is 5.45. The number of nitrogens with zero attached hydrogens (tertiary/aromatic N) is 1. The smallest absolute Gasteiger partial charge is 0.0949 e. The number of nitrogen functional groups attached to an aromatic ring is 1. The maximum atomic E-state index is 10.7. The summed E-state index contributed by atoms with van der Waals surface area (Å²) in [5.74, 6) is 0. The maximum Gasteiger partial charge on any atom is 0.0949 e. The third kappa shape index (κ3) is 2.58. The first kappa shape index (κ1) is 12.3. The highest BCUT2D eigenvalue weighted by Gasteiger charge is 2.39. The van der Waals surface area contributed by atoms with Crippen LogP contribution in [0.4, 0.5) is 5.69 Å². The summed E-state index contributed by atoms with van der Waals surface area (Å²) in [7, 11) is 1.66. The van der Waals surface area contributed by atoms with Crippen molar-refractivity contribution in [2.24, 2.45) is 0 Å². The molecule has 4 heteroatoms. The zero-order valence-corrected chi connectivity index (χ0v) is 10.2. The zero-order valence-electron chi connectivity index (χ0n) is 10.2. The molecule has 1 aliphatic carbocycles. The fourth-order valence-corrected chi connectivity index (χ4v) is 2.65. The van der Waals surface area contributed by atoms with Gasteiger partial charge >= 0.3 is 0 Å². The Morgan fingerprint density at radius 2 is 2.41 bits per heavy atom. The molecule has 0 bridgehead atoms. The molecule has 0 saturated heterocycles. The predicted octanol–water partition coefficient (Wildman–Crippen LogP) is 1.53. The van der Waals surface area contributed by atoms with Crippen molar-refractivity contribution in [1.29, 1.82) is 0 Å². The van der Waals surface area contributed by atoms with Crippen molar-refractivity contribution in [2.75, 3.05) is 12.8 Å². The zero-order chi connectivity index (χ0) is 12.3. The van der Waals surface area contributed by atoms with E-state index in [9.17, 15) is 5.11 Å². The highest BCUT2D eigenvalue weighted by Crippen LogP contribution is 2.34. The van der Waals surface area contributed by atoms with Crippen LogP contribution in [0.25, 0.3) is 0 Å². The molecule has 1 aromatic heterocycles. The van der Waals surface area contributed by atoms with Crippen LogP contribution in [0, 0.1) is 0 Å². The first-order valence-electron chi connectivity index (χ1n) is 6.09. The normalized spacial score (nSPS) is 29.2. The molecule has 0 spiro atoms. The van der Waals surface area contributed by atoms with Crippen LogP contribution in [0.15, 0.2) is 18.5 Å². The minimum Gasteiger partial charge on any atom is -0.398 e. The molecule has 2 rings (SSSR count). The number of hydrogen-bond donors (Lipinski definition) is 2. The van der Waals surface area contributed by atoms with Gasteiger partial charge in [0.25, 0.3) is 0 Å². The van der Waals surface area contributed by atoms with Crippen molar-refractivity contribution in [3.8, 4) is 0 Å². The molecular formula is C13H20N2O2. The Labute approximate surface area is 102 Å². The van der Waals surface area contributed by atoms with Crippen molar-refractivity contribution in [3.05, 3.63) is 24.0 Å². The Bertz CT molecular complexity index is 383. The van der Waals surface area contributed by atoms with Gasteiger partial charge in [-0.1, -0.05) is 12.8 Å². The van der Waals surface area contributed by atoms with E-state index in [2.05, 4.69) is 4.98 Å². The summed E-state index contributed by atoms with van der Waals surface area (Å²) in [5, 5.41) is 10.7. The van der Waals surface area contributed by atoms with E-state index in [1.54, 1.807) is 25.6 Å². The molecule has 1 aliphatic rings. The SMILES string of the molecule is COC1CCCCC1(O)Cc1cnccc1N. The van der Waals surface area contributed by atoms with Crippen LogP contribution in [0.3, 0.4) is 0 Å². The van der Waals surface area contributed by atoms with Crippen molar-refractivity contribution in [2.45, 2.75) is 43.8 Å². The first-order chi connectivity index (χ1) is 8.15. The number of methoxy groups -OCH3 is 1. The van der Waals surface area contributed by atoms with Gasteiger partial charge < -0.3 is 15.6 Å². The van der Waals surface area contributed by atoms with E-state index in [4.69, 9.17) is 10.5 Å². The summed E-state index contributed by atoms with van der Waals surface area (Å²) < 4.78 is 5.41. The maximum absolute atomic E-state index is 10.7. The Kier molecular flexibility index (Phi) is 3.64. The van der Waals surface area contributed by atoms with Crippen molar-refractivity contribution in [3.63, 3.8) is 0 Å². The van der Waals surface area contributed by atoms with E-state index in [1.165, 1.54) is 0 Å². The summed E-state index contributed by atoms with van der Waals surface area (Å²) in [6.07, 6.45) is 7.64. The lowest BCUT2D eigenvalue weighted by Gasteiger charge is -2.39. The van der Waals surface area contributed by atoms with Crippen molar-refractivity contribution in [1.82, 2.24) is 4.98 Å². The molecular weight excluding hydrogens is 216 g/mol. The lowest BCUT2D eigenvalue weighted by atomic mass is 9.78. The quantitative estimate of drug-likeness (QED) is 0.835. The van der Waals surface area contributed by atoms with E-state index in [1.807, 2.05) is 0 Å². The number of anilines is 1. The Morgan fingerprint density at radius 3 is 3.12 bits per heavy atom. The van der Waals surface area contributed by atoms with Gasteiger partial charge in [-0.2, -0.15) is 0 Å². The minimum atomic E-state index is -0.801. The second-order valence-corrected chi connectivity index (χ2v) is 4.82. The highest BCUT2D eigenvalue weighted by atomic mass is 16.5. The Morgan fingerprint density at radius 1 is 1.59 bits per heavy atom. The van der Waals surface area contributed by atoms with Crippen LogP contribution in [0.5, 0.6) is 0 Å². The number of rotatable bonds is 3. The Balaban J connectivity index is 2.18. The van der Waals surface area contributed by atoms with Crippen LogP contribution in [-0.2, 0) is 11.2 Å². The molecule has 0 aromatic carbocycles. The topological polar surface area (TPSA) is 68.4 Å². The van der Waals surface area contributed by atoms with Crippen LogP contribution >= 0.6 is 0 Å². The molecule has 2 atom stereocenters. The van der Waals surface area contributed by atoms with E-state index >= 15 is 0 Å². The number of nitrogens with two attached hydrogens (primary N) is 1. The molecule has 1 saturated carbocycles. The molecule has 94 valence electrons. The van der Waals surface area contributed by atoms with E-state index in [-0.39, 0.29) is 6.10 Å². The van der Waals surface area contributed by atoms with Crippen LogP contribution in [-0.4, -0.2) is 28.9 Å². The summed E-state index contributed by atoms with van der Waals surface area (Å²) in [4.78, 5) is 4.06. The fourth-order valence-electron chi connectivity index (χ4n) is 2.65. The van der Waals surface area contributed by atoms with Crippen molar-refractivity contribution < 1.29 is 9.84 Å².